The third-order valence-electron chi connectivity index (χ3n) is 3.09. The first kappa shape index (κ1) is 10.8. The Hall–Kier alpha value is -0.300. The van der Waals surface area contributed by atoms with Crippen molar-refractivity contribution in [3.8, 4) is 0 Å². The minimum atomic E-state index is -0.172. The molecule has 0 bridgehead atoms. The highest BCUT2D eigenvalue weighted by Crippen LogP contribution is 2.39. The average Bonchev–Trinajstić information content (AvgIpc) is 2.03. The predicted octanol–water partition coefficient (Wildman–Crippen LogP) is 3.00. The molecular weight excluding hydrogens is 160 g/mol. The highest BCUT2D eigenvalue weighted by atomic mass is 16.3. The topological polar surface area (TPSA) is 20.2 Å². The molecule has 1 rings (SSSR count). The summed E-state index contributed by atoms with van der Waals surface area (Å²) in [6.45, 7) is 8.68. The molecule has 1 nitrogen and oxygen atoms in total. The zero-order valence-corrected chi connectivity index (χ0v) is 9.25. The Kier molecular flexibility index (Phi) is 3.18. The van der Waals surface area contributed by atoms with Crippen molar-refractivity contribution in [1.29, 1.82) is 0 Å². The highest BCUT2D eigenvalue weighted by Gasteiger charge is 2.33. The molecule has 0 amide bonds. The lowest BCUT2D eigenvalue weighted by Gasteiger charge is -2.38. The van der Waals surface area contributed by atoms with Gasteiger partial charge in [-0.05, 0) is 37.0 Å². The van der Waals surface area contributed by atoms with Crippen molar-refractivity contribution in [2.24, 2.45) is 17.3 Å². The van der Waals surface area contributed by atoms with Crippen LogP contribution in [0, 0.1) is 17.3 Å². The van der Waals surface area contributed by atoms with Gasteiger partial charge in [0.05, 0.1) is 6.10 Å². The molecule has 1 aliphatic rings. The first-order valence-corrected chi connectivity index (χ1v) is 5.27. The Labute approximate surface area is 81.9 Å². The molecule has 0 radical (unpaired) electrons. The fraction of sp³-hybridized carbons (Fsp3) is 0.833. The summed E-state index contributed by atoms with van der Waals surface area (Å²) in [5.41, 5.74) is 0.276. The van der Waals surface area contributed by atoms with Gasteiger partial charge < -0.3 is 5.11 Å². The summed E-state index contributed by atoms with van der Waals surface area (Å²) in [5.74, 6) is 0.978. The zero-order chi connectivity index (χ0) is 10.1. The molecule has 1 heteroatoms. The Morgan fingerprint density at radius 2 is 2.00 bits per heavy atom. The Balaban J connectivity index is 2.78. The molecule has 0 heterocycles. The lowest BCUT2D eigenvalue weighted by molar-refractivity contribution is 0.0537. The predicted molar refractivity (Wildman–Crippen MR) is 56.5 cm³/mol. The van der Waals surface area contributed by atoms with Crippen LogP contribution < -0.4 is 0 Å². The fourth-order valence-electron chi connectivity index (χ4n) is 2.33. The van der Waals surface area contributed by atoms with Crippen molar-refractivity contribution >= 4 is 0 Å². The van der Waals surface area contributed by atoms with Crippen LogP contribution in [0.15, 0.2) is 12.2 Å². The van der Waals surface area contributed by atoms with Gasteiger partial charge in [0.15, 0.2) is 0 Å². The third-order valence-corrected chi connectivity index (χ3v) is 3.09. The van der Waals surface area contributed by atoms with Crippen molar-refractivity contribution in [1.82, 2.24) is 0 Å². The Morgan fingerprint density at radius 1 is 1.38 bits per heavy atom. The zero-order valence-electron chi connectivity index (χ0n) is 9.25. The van der Waals surface area contributed by atoms with Crippen LogP contribution in [0.1, 0.15) is 40.5 Å². The van der Waals surface area contributed by atoms with E-state index in [0.29, 0.717) is 11.8 Å². The summed E-state index contributed by atoms with van der Waals surface area (Å²) >= 11 is 0. The van der Waals surface area contributed by atoms with Gasteiger partial charge in [-0.2, -0.15) is 0 Å². The second-order valence-electron chi connectivity index (χ2n) is 5.30. The van der Waals surface area contributed by atoms with Crippen LogP contribution in [0.3, 0.4) is 0 Å². The van der Waals surface area contributed by atoms with Gasteiger partial charge in [0.1, 0.15) is 0 Å². The summed E-state index contributed by atoms with van der Waals surface area (Å²) in [6.07, 6.45) is 6.64. The molecule has 76 valence electrons. The van der Waals surface area contributed by atoms with E-state index in [1.54, 1.807) is 0 Å². The normalized spacial score (nSPS) is 31.8. The smallest absolute Gasteiger partial charge is 0.0546 e. The summed E-state index contributed by atoms with van der Waals surface area (Å²) in [6, 6.07) is 0. The number of aliphatic hydroxyl groups is 1. The third kappa shape index (κ3) is 2.57. The van der Waals surface area contributed by atoms with E-state index < -0.39 is 0 Å². The van der Waals surface area contributed by atoms with Crippen LogP contribution in [0.4, 0.5) is 0 Å². The molecule has 0 aliphatic heterocycles. The largest absolute Gasteiger partial charge is 0.393 e. The first-order chi connectivity index (χ1) is 5.93. The van der Waals surface area contributed by atoms with Crippen LogP contribution in [-0.2, 0) is 0 Å². The quantitative estimate of drug-likeness (QED) is 0.618. The lowest BCUT2D eigenvalue weighted by Crippen LogP contribution is -2.34. The summed E-state index contributed by atoms with van der Waals surface area (Å²) in [5, 5.41) is 9.68. The van der Waals surface area contributed by atoms with Gasteiger partial charge in [-0.1, -0.05) is 32.9 Å². The summed E-state index contributed by atoms with van der Waals surface area (Å²) in [7, 11) is 0. The molecule has 0 saturated heterocycles. The molecule has 0 fully saturated rings. The molecule has 13 heavy (non-hydrogen) atoms. The first-order valence-electron chi connectivity index (χ1n) is 5.27. The standard InChI is InChI=1S/C12H22O/c1-9(13)10-7-5-6-8-11(10)12(2,3)4/h6,8-11,13H,5,7H2,1-4H3. The van der Waals surface area contributed by atoms with Crippen LogP contribution >= 0.6 is 0 Å². The van der Waals surface area contributed by atoms with Gasteiger partial charge in [0.25, 0.3) is 0 Å². The van der Waals surface area contributed by atoms with Crippen molar-refractivity contribution in [3.05, 3.63) is 12.2 Å². The second kappa shape index (κ2) is 3.83. The van der Waals surface area contributed by atoms with Crippen LogP contribution in [-0.4, -0.2) is 11.2 Å². The Morgan fingerprint density at radius 3 is 2.38 bits per heavy atom. The average molecular weight is 182 g/mol. The number of rotatable bonds is 1. The minimum absolute atomic E-state index is 0.172. The van der Waals surface area contributed by atoms with Crippen molar-refractivity contribution < 1.29 is 5.11 Å². The molecule has 3 atom stereocenters. The SMILES string of the molecule is CC(O)C1CCC=CC1C(C)(C)C. The maximum atomic E-state index is 9.68. The van der Waals surface area contributed by atoms with Crippen molar-refractivity contribution in [3.63, 3.8) is 0 Å². The van der Waals surface area contributed by atoms with Gasteiger partial charge in [-0.25, -0.2) is 0 Å². The van der Waals surface area contributed by atoms with E-state index in [1.807, 2.05) is 6.92 Å². The number of hydrogen-bond donors (Lipinski definition) is 1. The van der Waals surface area contributed by atoms with E-state index >= 15 is 0 Å². The molecular formula is C12H22O. The van der Waals surface area contributed by atoms with Crippen molar-refractivity contribution in [2.75, 3.05) is 0 Å². The van der Waals surface area contributed by atoms with E-state index in [9.17, 15) is 5.11 Å². The van der Waals surface area contributed by atoms with Gasteiger partial charge in [-0.3, -0.25) is 0 Å². The number of hydrogen-bond acceptors (Lipinski definition) is 1. The van der Waals surface area contributed by atoms with Crippen LogP contribution in [0.25, 0.3) is 0 Å². The maximum Gasteiger partial charge on any atom is 0.0546 e. The Bertz CT molecular complexity index is 186. The van der Waals surface area contributed by atoms with E-state index in [-0.39, 0.29) is 11.5 Å². The number of aliphatic hydroxyl groups excluding tert-OH is 1. The van der Waals surface area contributed by atoms with Crippen LogP contribution in [0.2, 0.25) is 0 Å². The summed E-state index contributed by atoms with van der Waals surface area (Å²) < 4.78 is 0. The molecule has 1 aliphatic carbocycles. The van der Waals surface area contributed by atoms with Crippen molar-refractivity contribution in [2.45, 2.75) is 46.6 Å². The molecule has 0 spiro atoms. The van der Waals surface area contributed by atoms with Gasteiger partial charge in [-0.15, -0.1) is 0 Å². The molecule has 0 aromatic carbocycles. The lowest BCUT2D eigenvalue weighted by atomic mass is 9.68. The molecule has 0 saturated carbocycles. The summed E-state index contributed by atoms with van der Waals surface area (Å²) in [4.78, 5) is 0. The van der Waals surface area contributed by atoms with E-state index in [1.165, 1.54) is 0 Å². The second-order valence-corrected chi connectivity index (χ2v) is 5.30. The molecule has 0 aromatic rings. The maximum absolute atomic E-state index is 9.68. The monoisotopic (exact) mass is 182 g/mol. The highest BCUT2D eigenvalue weighted by molar-refractivity contribution is 5.02. The van der Waals surface area contributed by atoms with E-state index in [4.69, 9.17) is 0 Å². The van der Waals surface area contributed by atoms with Gasteiger partial charge >= 0.3 is 0 Å². The molecule has 1 N–H and O–H groups in total. The molecule has 3 unspecified atom stereocenters. The van der Waals surface area contributed by atoms with E-state index in [2.05, 4.69) is 32.9 Å². The van der Waals surface area contributed by atoms with E-state index in [0.717, 1.165) is 12.8 Å². The van der Waals surface area contributed by atoms with Crippen LogP contribution in [0.5, 0.6) is 0 Å². The van der Waals surface area contributed by atoms with Gasteiger partial charge in [0.2, 0.25) is 0 Å². The fourth-order valence-corrected chi connectivity index (χ4v) is 2.33. The van der Waals surface area contributed by atoms with Gasteiger partial charge in [0, 0.05) is 0 Å². The number of allylic oxidation sites excluding steroid dienone is 2. The minimum Gasteiger partial charge on any atom is -0.393 e. The molecule has 0 aromatic heterocycles.